The fraction of sp³-hybridized carbons (Fsp3) is 0.600. The molecular formula is C10H15N3O4S2. The van der Waals surface area contributed by atoms with Crippen LogP contribution < -0.4 is 4.72 Å². The molecule has 1 aliphatic heterocycles. The van der Waals surface area contributed by atoms with Crippen LogP contribution in [0.15, 0.2) is 4.34 Å². The van der Waals surface area contributed by atoms with Gasteiger partial charge in [0.05, 0.1) is 5.69 Å². The third kappa shape index (κ3) is 3.30. The molecule has 0 atom stereocenters. The van der Waals surface area contributed by atoms with Gasteiger partial charge >= 0.3 is 0 Å². The van der Waals surface area contributed by atoms with E-state index >= 15 is 0 Å². The molecule has 0 saturated heterocycles. The molecule has 1 amide bonds. The Bertz CT molecular complexity index is 582. The molecule has 7 nitrogen and oxygen atoms in total. The summed E-state index contributed by atoms with van der Waals surface area (Å²) >= 11 is 1.11. The summed E-state index contributed by atoms with van der Waals surface area (Å²) in [5.74, 6) is -0.701. The molecule has 0 fully saturated rings. The predicted octanol–water partition coefficient (Wildman–Crippen LogP) is -0.418. The van der Waals surface area contributed by atoms with Crippen LogP contribution in [0.5, 0.6) is 0 Å². The van der Waals surface area contributed by atoms with Crippen LogP contribution in [-0.4, -0.2) is 51.5 Å². The van der Waals surface area contributed by atoms with Gasteiger partial charge in [-0.2, -0.15) is 8.42 Å². The number of likely N-dealkylation sites (N-methyl/N-ethyl adjacent to an activating group) is 1. The normalized spacial score (nSPS) is 16.1. The van der Waals surface area contributed by atoms with Gasteiger partial charge in [0.1, 0.15) is 6.61 Å². The van der Waals surface area contributed by atoms with E-state index in [0.29, 0.717) is 6.54 Å². The summed E-state index contributed by atoms with van der Waals surface area (Å²) in [5.41, 5.74) is 0.808. The molecule has 2 heterocycles. The molecule has 0 unspecified atom stereocenters. The number of carbonyl (C=O) groups is 1. The lowest BCUT2D eigenvalue weighted by Crippen LogP contribution is -2.33. The largest absolute Gasteiger partial charge is 0.375 e. The summed E-state index contributed by atoms with van der Waals surface area (Å²) in [7, 11) is -0.591. The first-order valence-corrected chi connectivity index (χ1v) is 7.94. The molecule has 1 N–H and O–H groups in total. The fourth-order valence-corrected chi connectivity index (χ4v) is 4.23. The maximum absolute atomic E-state index is 12.0. The number of methoxy groups -OCH3 is 1. The summed E-state index contributed by atoms with van der Waals surface area (Å²) in [6, 6.07) is 0. The SMILES string of the molecule is COCC(=O)NS(=O)(=O)c1nc2c(s1)CN(C)CC2. The second-order valence-electron chi connectivity index (χ2n) is 4.30. The first-order chi connectivity index (χ1) is 8.92. The van der Waals surface area contributed by atoms with Crippen molar-refractivity contribution in [1.82, 2.24) is 14.6 Å². The average molecular weight is 305 g/mol. The fourth-order valence-electron chi connectivity index (χ4n) is 1.77. The molecule has 9 heteroatoms. The number of fused-ring (bicyclic) bond motifs is 1. The van der Waals surface area contributed by atoms with E-state index in [1.807, 2.05) is 11.8 Å². The van der Waals surface area contributed by atoms with Crippen LogP contribution in [0.4, 0.5) is 0 Å². The van der Waals surface area contributed by atoms with Crippen molar-refractivity contribution in [3.8, 4) is 0 Å². The minimum atomic E-state index is -3.88. The third-order valence-corrected chi connectivity index (χ3v) is 5.49. The molecule has 2 rings (SSSR count). The Labute approximate surface area is 115 Å². The number of thiazole rings is 1. The van der Waals surface area contributed by atoms with Gasteiger partial charge in [0.25, 0.3) is 15.9 Å². The summed E-state index contributed by atoms with van der Waals surface area (Å²) in [6.07, 6.45) is 0.726. The first-order valence-electron chi connectivity index (χ1n) is 5.64. The summed E-state index contributed by atoms with van der Waals surface area (Å²) in [5, 5.41) is 0. The maximum Gasteiger partial charge on any atom is 0.291 e. The molecule has 19 heavy (non-hydrogen) atoms. The van der Waals surface area contributed by atoms with Crippen LogP contribution >= 0.6 is 11.3 Å². The zero-order valence-corrected chi connectivity index (χ0v) is 12.3. The van der Waals surface area contributed by atoms with Gasteiger partial charge in [-0.05, 0) is 7.05 Å². The van der Waals surface area contributed by atoms with Gasteiger partial charge in [-0.3, -0.25) is 4.79 Å². The monoisotopic (exact) mass is 305 g/mol. The van der Waals surface area contributed by atoms with E-state index in [1.165, 1.54) is 7.11 Å². The highest BCUT2D eigenvalue weighted by atomic mass is 32.2. The van der Waals surface area contributed by atoms with Crippen LogP contribution in [0.25, 0.3) is 0 Å². The highest BCUT2D eigenvalue weighted by Gasteiger charge is 2.26. The molecule has 106 valence electrons. The molecule has 0 aliphatic carbocycles. The smallest absolute Gasteiger partial charge is 0.291 e. The van der Waals surface area contributed by atoms with E-state index < -0.39 is 15.9 Å². The molecule has 1 aromatic rings. The summed E-state index contributed by atoms with van der Waals surface area (Å²) < 4.78 is 30.4. The number of nitrogens with zero attached hydrogens (tertiary/aromatic N) is 2. The van der Waals surface area contributed by atoms with Crippen molar-refractivity contribution < 1.29 is 17.9 Å². The number of hydrogen-bond acceptors (Lipinski definition) is 7. The molecule has 0 radical (unpaired) electrons. The van der Waals surface area contributed by atoms with Gasteiger partial charge in [0, 0.05) is 31.5 Å². The van der Waals surface area contributed by atoms with Crippen molar-refractivity contribution in [1.29, 1.82) is 0 Å². The zero-order valence-electron chi connectivity index (χ0n) is 10.7. The van der Waals surface area contributed by atoms with Crippen molar-refractivity contribution >= 4 is 27.3 Å². The van der Waals surface area contributed by atoms with Crippen molar-refractivity contribution in [2.75, 3.05) is 27.3 Å². The Balaban J connectivity index is 2.20. The van der Waals surface area contributed by atoms with Crippen molar-refractivity contribution in [3.05, 3.63) is 10.6 Å². The van der Waals surface area contributed by atoms with E-state index in [-0.39, 0.29) is 10.9 Å². The standard InChI is InChI=1S/C10H15N3O4S2/c1-13-4-3-7-8(5-13)18-10(11-7)19(15,16)12-9(14)6-17-2/h3-6H2,1-2H3,(H,12,14). The highest BCUT2D eigenvalue weighted by Crippen LogP contribution is 2.27. The van der Waals surface area contributed by atoms with E-state index in [9.17, 15) is 13.2 Å². The maximum atomic E-state index is 12.0. The third-order valence-electron chi connectivity index (χ3n) is 2.66. The number of nitrogens with one attached hydrogen (secondary N) is 1. The van der Waals surface area contributed by atoms with Crippen molar-refractivity contribution in [2.45, 2.75) is 17.3 Å². The van der Waals surface area contributed by atoms with Crippen molar-refractivity contribution in [3.63, 3.8) is 0 Å². The summed E-state index contributed by atoms with van der Waals surface area (Å²) in [4.78, 5) is 18.4. The van der Waals surface area contributed by atoms with Crippen LogP contribution in [0.1, 0.15) is 10.6 Å². The Morgan fingerprint density at radius 3 is 3.00 bits per heavy atom. The number of amides is 1. The molecule has 0 spiro atoms. The molecule has 0 bridgehead atoms. The first kappa shape index (κ1) is 14.4. The number of carbonyl (C=O) groups excluding carboxylic acids is 1. The number of hydrogen-bond donors (Lipinski definition) is 1. The Kier molecular flexibility index (Phi) is 4.19. The Hall–Kier alpha value is -1.03. The lowest BCUT2D eigenvalue weighted by atomic mass is 10.2. The Morgan fingerprint density at radius 1 is 1.58 bits per heavy atom. The van der Waals surface area contributed by atoms with E-state index in [4.69, 9.17) is 0 Å². The molecule has 1 aliphatic rings. The lowest BCUT2D eigenvalue weighted by molar-refractivity contribution is -0.122. The van der Waals surface area contributed by atoms with Gasteiger partial charge in [0.15, 0.2) is 0 Å². The second-order valence-corrected chi connectivity index (χ2v) is 7.24. The van der Waals surface area contributed by atoms with Crippen LogP contribution in [0, 0.1) is 0 Å². The van der Waals surface area contributed by atoms with Gasteiger partial charge in [-0.1, -0.05) is 0 Å². The van der Waals surface area contributed by atoms with Crippen LogP contribution in [0.3, 0.4) is 0 Å². The molecular weight excluding hydrogens is 290 g/mol. The minimum absolute atomic E-state index is 0.0581. The van der Waals surface area contributed by atoms with E-state index in [0.717, 1.165) is 34.9 Å². The van der Waals surface area contributed by atoms with Crippen molar-refractivity contribution in [2.24, 2.45) is 0 Å². The zero-order chi connectivity index (χ0) is 14.0. The topological polar surface area (TPSA) is 88.6 Å². The van der Waals surface area contributed by atoms with Gasteiger partial charge in [-0.15, -0.1) is 11.3 Å². The minimum Gasteiger partial charge on any atom is -0.375 e. The summed E-state index contributed by atoms with van der Waals surface area (Å²) in [6.45, 7) is 1.24. The number of rotatable bonds is 4. The predicted molar refractivity (Wildman–Crippen MR) is 69.4 cm³/mol. The number of sulfonamides is 1. The molecule has 0 saturated carbocycles. The molecule has 1 aromatic heterocycles. The highest BCUT2D eigenvalue weighted by molar-refractivity contribution is 7.92. The number of ether oxygens (including phenoxy) is 1. The Morgan fingerprint density at radius 2 is 2.32 bits per heavy atom. The average Bonchev–Trinajstić information content (AvgIpc) is 2.72. The van der Waals surface area contributed by atoms with Gasteiger partial charge < -0.3 is 9.64 Å². The van der Waals surface area contributed by atoms with Crippen LogP contribution in [-0.2, 0) is 32.5 Å². The molecule has 0 aromatic carbocycles. The van der Waals surface area contributed by atoms with Gasteiger partial charge in [0.2, 0.25) is 4.34 Å². The number of aromatic nitrogens is 1. The lowest BCUT2D eigenvalue weighted by Gasteiger charge is -2.20. The quantitative estimate of drug-likeness (QED) is 0.813. The van der Waals surface area contributed by atoms with E-state index in [2.05, 4.69) is 14.6 Å². The van der Waals surface area contributed by atoms with Crippen LogP contribution in [0.2, 0.25) is 0 Å². The van der Waals surface area contributed by atoms with Gasteiger partial charge in [-0.25, -0.2) is 9.71 Å². The second kappa shape index (κ2) is 5.53. The van der Waals surface area contributed by atoms with E-state index in [1.54, 1.807) is 0 Å².